The van der Waals surface area contributed by atoms with Crippen molar-refractivity contribution >= 4 is 16.3 Å². The molecule has 3 rings (SSSR count). The normalized spacial score (nSPS) is 11.2. The van der Waals surface area contributed by atoms with Crippen LogP contribution in [0.25, 0.3) is 4.96 Å². The second-order valence-corrected chi connectivity index (χ2v) is 6.13. The number of imidazole rings is 1. The van der Waals surface area contributed by atoms with E-state index in [1.54, 1.807) is 24.6 Å². The first-order valence-corrected chi connectivity index (χ1v) is 7.63. The van der Waals surface area contributed by atoms with Crippen LogP contribution < -0.4 is 10.1 Å². The van der Waals surface area contributed by atoms with Crippen molar-refractivity contribution < 1.29 is 4.74 Å². The highest BCUT2D eigenvalue weighted by molar-refractivity contribution is 7.17. The molecule has 0 saturated heterocycles. The van der Waals surface area contributed by atoms with Crippen molar-refractivity contribution in [2.24, 2.45) is 0 Å². The Bertz CT molecular complexity index is 762. The van der Waals surface area contributed by atoms with E-state index in [9.17, 15) is 0 Å². The van der Waals surface area contributed by atoms with Crippen LogP contribution in [-0.4, -0.2) is 21.5 Å². The third-order valence-electron chi connectivity index (χ3n) is 3.39. The number of hydrogen-bond donors (Lipinski definition) is 1. The van der Waals surface area contributed by atoms with Crippen molar-refractivity contribution in [1.82, 2.24) is 19.7 Å². The smallest absolute Gasteiger partial charge is 0.217 e. The molecule has 0 unspecified atom stereocenters. The fourth-order valence-electron chi connectivity index (χ4n) is 2.38. The SMILES string of the molecule is COc1ncccc1CNCc1c(C)nc2sc(C)cn12. The third-order valence-corrected chi connectivity index (χ3v) is 4.29. The number of rotatable bonds is 5. The first-order chi connectivity index (χ1) is 10.2. The molecule has 0 saturated carbocycles. The van der Waals surface area contributed by atoms with Crippen LogP contribution in [0, 0.1) is 13.8 Å². The summed E-state index contributed by atoms with van der Waals surface area (Å²) in [4.78, 5) is 11.1. The minimum Gasteiger partial charge on any atom is -0.481 e. The highest BCUT2D eigenvalue weighted by Crippen LogP contribution is 2.21. The number of nitrogens with one attached hydrogen (secondary N) is 1. The summed E-state index contributed by atoms with van der Waals surface area (Å²) < 4.78 is 7.43. The summed E-state index contributed by atoms with van der Waals surface area (Å²) in [7, 11) is 1.64. The standard InChI is InChI=1S/C15H18N4OS/c1-10-9-19-13(11(2)18-15(19)21-10)8-16-7-12-5-4-6-17-14(12)20-3/h4-6,9,16H,7-8H2,1-3H3. The van der Waals surface area contributed by atoms with E-state index in [4.69, 9.17) is 4.74 Å². The van der Waals surface area contributed by atoms with Crippen molar-refractivity contribution in [3.63, 3.8) is 0 Å². The molecule has 0 radical (unpaired) electrons. The van der Waals surface area contributed by atoms with Gasteiger partial charge in [0.05, 0.1) is 18.5 Å². The molecular formula is C15H18N4OS. The van der Waals surface area contributed by atoms with Crippen LogP contribution in [0.2, 0.25) is 0 Å². The Hall–Kier alpha value is -1.92. The van der Waals surface area contributed by atoms with E-state index in [1.807, 2.05) is 12.1 Å². The number of thiazole rings is 1. The number of ether oxygens (including phenoxy) is 1. The summed E-state index contributed by atoms with van der Waals surface area (Å²) in [6.07, 6.45) is 3.88. The fraction of sp³-hybridized carbons (Fsp3) is 0.333. The topological polar surface area (TPSA) is 51.5 Å². The van der Waals surface area contributed by atoms with Crippen molar-refractivity contribution in [1.29, 1.82) is 0 Å². The second-order valence-electron chi connectivity index (χ2n) is 4.91. The molecule has 110 valence electrons. The van der Waals surface area contributed by atoms with E-state index in [2.05, 4.69) is 39.7 Å². The van der Waals surface area contributed by atoms with Crippen LogP contribution in [-0.2, 0) is 13.1 Å². The molecule has 6 heteroatoms. The van der Waals surface area contributed by atoms with Gasteiger partial charge in [-0.25, -0.2) is 9.97 Å². The molecule has 0 amide bonds. The van der Waals surface area contributed by atoms with Gasteiger partial charge in [0.1, 0.15) is 0 Å². The molecule has 3 aromatic rings. The molecule has 0 aliphatic carbocycles. The first-order valence-electron chi connectivity index (χ1n) is 6.81. The van der Waals surface area contributed by atoms with Gasteiger partial charge in [0.25, 0.3) is 0 Å². The zero-order valence-corrected chi connectivity index (χ0v) is 13.2. The van der Waals surface area contributed by atoms with E-state index in [1.165, 1.54) is 10.6 Å². The highest BCUT2D eigenvalue weighted by atomic mass is 32.1. The van der Waals surface area contributed by atoms with Gasteiger partial charge in [-0.05, 0) is 19.9 Å². The maximum Gasteiger partial charge on any atom is 0.217 e. The molecule has 3 aromatic heterocycles. The van der Waals surface area contributed by atoms with Crippen LogP contribution >= 0.6 is 11.3 Å². The van der Waals surface area contributed by atoms with Crippen molar-refractivity contribution in [2.75, 3.05) is 7.11 Å². The number of nitrogens with zero attached hydrogens (tertiary/aromatic N) is 3. The third kappa shape index (κ3) is 2.77. The van der Waals surface area contributed by atoms with Gasteiger partial charge < -0.3 is 10.1 Å². The molecule has 5 nitrogen and oxygen atoms in total. The Morgan fingerprint density at radius 1 is 1.33 bits per heavy atom. The quantitative estimate of drug-likeness (QED) is 0.787. The average molecular weight is 302 g/mol. The van der Waals surface area contributed by atoms with Crippen LogP contribution in [0.5, 0.6) is 5.88 Å². The van der Waals surface area contributed by atoms with Crippen LogP contribution in [0.1, 0.15) is 21.8 Å². The molecule has 3 heterocycles. The van der Waals surface area contributed by atoms with E-state index in [-0.39, 0.29) is 0 Å². The molecule has 0 bridgehead atoms. The van der Waals surface area contributed by atoms with Crippen molar-refractivity contribution in [2.45, 2.75) is 26.9 Å². The van der Waals surface area contributed by atoms with E-state index >= 15 is 0 Å². The predicted octanol–water partition coefficient (Wildman–Crippen LogP) is 2.71. The summed E-state index contributed by atoms with van der Waals surface area (Å²) in [5, 5.41) is 3.44. The van der Waals surface area contributed by atoms with Crippen LogP contribution in [0.4, 0.5) is 0 Å². The molecule has 0 spiro atoms. The maximum atomic E-state index is 5.26. The number of methoxy groups -OCH3 is 1. The summed E-state index contributed by atoms with van der Waals surface area (Å²) >= 11 is 1.72. The van der Waals surface area contributed by atoms with Crippen molar-refractivity contribution in [3.8, 4) is 5.88 Å². The molecule has 0 aliphatic rings. The highest BCUT2D eigenvalue weighted by Gasteiger charge is 2.11. The predicted molar refractivity (Wildman–Crippen MR) is 83.9 cm³/mol. The number of hydrogen-bond acceptors (Lipinski definition) is 5. The zero-order valence-electron chi connectivity index (χ0n) is 12.4. The van der Waals surface area contributed by atoms with Gasteiger partial charge in [0.15, 0.2) is 4.96 Å². The second kappa shape index (κ2) is 5.83. The maximum absolute atomic E-state index is 5.26. The number of fused-ring (bicyclic) bond motifs is 1. The Morgan fingerprint density at radius 3 is 3.00 bits per heavy atom. The minimum absolute atomic E-state index is 0.673. The first kappa shape index (κ1) is 14.0. The average Bonchev–Trinajstić information content (AvgIpc) is 2.96. The lowest BCUT2D eigenvalue weighted by atomic mass is 10.2. The molecular weight excluding hydrogens is 284 g/mol. The molecule has 0 fully saturated rings. The van der Waals surface area contributed by atoms with Gasteiger partial charge >= 0.3 is 0 Å². The lowest BCUT2D eigenvalue weighted by Gasteiger charge is -2.08. The van der Waals surface area contributed by atoms with Crippen molar-refractivity contribution in [3.05, 3.63) is 46.4 Å². The zero-order chi connectivity index (χ0) is 14.8. The Morgan fingerprint density at radius 2 is 2.19 bits per heavy atom. The Balaban J connectivity index is 1.73. The number of pyridine rings is 1. The summed E-state index contributed by atoms with van der Waals surface area (Å²) in [6, 6.07) is 3.94. The van der Waals surface area contributed by atoms with Gasteiger partial charge in [0.2, 0.25) is 5.88 Å². The monoisotopic (exact) mass is 302 g/mol. The summed E-state index contributed by atoms with van der Waals surface area (Å²) in [6.45, 7) is 5.64. The Labute approximate surface area is 127 Å². The lowest BCUT2D eigenvalue weighted by Crippen LogP contribution is -2.15. The fourth-order valence-corrected chi connectivity index (χ4v) is 3.27. The van der Waals surface area contributed by atoms with E-state index in [0.29, 0.717) is 12.4 Å². The van der Waals surface area contributed by atoms with Gasteiger partial charge in [-0.3, -0.25) is 4.40 Å². The Kier molecular flexibility index (Phi) is 3.90. The molecule has 0 atom stereocenters. The van der Waals surface area contributed by atoms with E-state index in [0.717, 1.165) is 22.8 Å². The van der Waals surface area contributed by atoms with Gasteiger partial charge in [-0.15, -0.1) is 11.3 Å². The molecule has 0 aliphatic heterocycles. The molecule has 21 heavy (non-hydrogen) atoms. The number of aromatic nitrogens is 3. The summed E-state index contributed by atoms with van der Waals surface area (Å²) in [5.41, 5.74) is 3.34. The largest absolute Gasteiger partial charge is 0.481 e. The summed E-state index contributed by atoms with van der Waals surface area (Å²) in [5.74, 6) is 0.673. The van der Waals surface area contributed by atoms with Gasteiger partial charge in [-0.2, -0.15) is 0 Å². The van der Waals surface area contributed by atoms with Gasteiger partial charge in [-0.1, -0.05) is 6.07 Å². The minimum atomic E-state index is 0.673. The number of aryl methyl sites for hydroxylation is 2. The van der Waals surface area contributed by atoms with Crippen LogP contribution in [0.15, 0.2) is 24.5 Å². The van der Waals surface area contributed by atoms with E-state index < -0.39 is 0 Å². The molecule has 1 N–H and O–H groups in total. The van der Waals surface area contributed by atoms with Crippen LogP contribution in [0.3, 0.4) is 0 Å². The lowest BCUT2D eigenvalue weighted by molar-refractivity contribution is 0.390. The van der Waals surface area contributed by atoms with Gasteiger partial charge in [0, 0.05) is 35.9 Å². The molecule has 0 aromatic carbocycles.